The molecule has 1 aliphatic rings. The molecule has 8 heteroatoms. The zero-order chi connectivity index (χ0) is 19.6. The van der Waals surface area contributed by atoms with Gasteiger partial charge in [0.05, 0.1) is 30.8 Å². The van der Waals surface area contributed by atoms with Gasteiger partial charge in [-0.2, -0.15) is 4.98 Å². The first-order valence-corrected chi connectivity index (χ1v) is 9.42. The summed E-state index contributed by atoms with van der Waals surface area (Å²) in [7, 11) is 0. The van der Waals surface area contributed by atoms with Gasteiger partial charge in [0.2, 0.25) is 5.95 Å². The zero-order valence-electron chi connectivity index (χ0n) is 15.6. The van der Waals surface area contributed by atoms with Crippen molar-refractivity contribution in [2.75, 3.05) is 36.5 Å². The Labute approximate surface area is 166 Å². The molecule has 1 aliphatic heterocycles. The first kappa shape index (κ1) is 17.6. The van der Waals surface area contributed by atoms with Gasteiger partial charge >= 0.3 is 0 Å². The van der Waals surface area contributed by atoms with Crippen LogP contribution in [0.5, 0.6) is 0 Å². The van der Waals surface area contributed by atoms with Crippen molar-refractivity contribution in [1.29, 1.82) is 0 Å². The lowest BCUT2D eigenvalue weighted by molar-refractivity contribution is 0.122. The number of nitrogens with one attached hydrogen (secondary N) is 2. The summed E-state index contributed by atoms with van der Waals surface area (Å²) >= 11 is 0. The molecule has 0 unspecified atom stereocenters. The second-order valence-corrected chi connectivity index (χ2v) is 6.79. The molecule has 1 fully saturated rings. The molecular formula is C21H19FN6O. The molecule has 3 aromatic heterocycles. The normalized spacial score (nSPS) is 14.3. The van der Waals surface area contributed by atoms with E-state index < -0.39 is 0 Å². The second kappa shape index (κ2) is 7.48. The van der Waals surface area contributed by atoms with Gasteiger partial charge < -0.3 is 19.9 Å². The number of hydrogen-bond acceptors (Lipinski definition) is 6. The fourth-order valence-electron chi connectivity index (χ4n) is 3.49. The largest absolute Gasteiger partial charge is 0.378 e. The van der Waals surface area contributed by atoms with Crippen LogP contribution in [0.25, 0.3) is 22.2 Å². The van der Waals surface area contributed by atoms with Gasteiger partial charge in [-0.1, -0.05) is 0 Å². The van der Waals surface area contributed by atoms with Crippen molar-refractivity contribution in [2.24, 2.45) is 0 Å². The van der Waals surface area contributed by atoms with Crippen LogP contribution in [-0.4, -0.2) is 46.2 Å². The maximum Gasteiger partial charge on any atom is 0.229 e. The van der Waals surface area contributed by atoms with Crippen LogP contribution in [0.15, 0.2) is 55.0 Å². The van der Waals surface area contributed by atoms with E-state index in [1.165, 1.54) is 12.1 Å². The Morgan fingerprint density at radius 1 is 1.10 bits per heavy atom. The van der Waals surface area contributed by atoms with E-state index in [9.17, 15) is 4.39 Å². The summed E-state index contributed by atoms with van der Waals surface area (Å²) in [5.41, 5.74) is 2.88. The highest BCUT2D eigenvalue weighted by molar-refractivity contribution is 5.94. The smallest absolute Gasteiger partial charge is 0.229 e. The molecule has 0 bridgehead atoms. The number of benzene rings is 1. The highest BCUT2D eigenvalue weighted by Crippen LogP contribution is 2.31. The van der Waals surface area contributed by atoms with E-state index in [-0.39, 0.29) is 5.82 Å². The van der Waals surface area contributed by atoms with Gasteiger partial charge in [-0.25, -0.2) is 9.37 Å². The van der Waals surface area contributed by atoms with E-state index in [2.05, 4.69) is 30.2 Å². The van der Waals surface area contributed by atoms with E-state index in [0.717, 1.165) is 35.5 Å². The topological polar surface area (TPSA) is 79.0 Å². The fraction of sp³-hybridized carbons (Fsp3) is 0.190. The lowest BCUT2D eigenvalue weighted by Crippen LogP contribution is -2.36. The first-order chi connectivity index (χ1) is 14.3. The van der Waals surface area contributed by atoms with Crippen LogP contribution in [0.3, 0.4) is 0 Å². The van der Waals surface area contributed by atoms with Gasteiger partial charge in [-0.05, 0) is 30.3 Å². The third-order valence-electron chi connectivity index (χ3n) is 4.87. The van der Waals surface area contributed by atoms with Gasteiger partial charge in [-0.15, -0.1) is 0 Å². The van der Waals surface area contributed by atoms with Crippen LogP contribution in [0, 0.1) is 5.82 Å². The minimum absolute atomic E-state index is 0.316. The van der Waals surface area contributed by atoms with Crippen molar-refractivity contribution in [1.82, 2.24) is 19.9 Å². The Hall–Kier alpha value is -3.52. The summed E-state index contributed by atoms with van der Waals surface area (Å²) in [5, 5.41) is 4.11. The molecule has 146 valence electrons. The standard InChI is InChI=1S/C21H19FN6O/c22-14-10-17(16-3-5-24-18(16)11-14)19-12-20(28-6-8-29-9-7-28)27-21(26-19)25-15-2-1-4-23-13-15/h1-5,10-13,24H,6-9H2,(H,25,26,27). The van der Waals surface area contributed by atoms with Crippen molar-refractivity contribution in [3.63, 3.8) is 0 Å². The molecule has 4 heterocycles. The van der Waals surface area contributed by atoms with E-state index in [1.54, 1.807) is 18.6 Å². The highest BCUT2D eigenvalue weighted by atomic mass is 19.1. The van der Waals surface area contributed by atoms with Gasteiger partial charge in [0, 0.05) is 48.0 Å². The number of pyridine rings is 1. The number of anilines is 3. The van der Waals surface area contributed by atoms with Crippen LogP contribution in [0.4, 0.5) is 21.8 Å². The molecule has 0 radical (unpaired) electrons. The van der Waals surface area contributed by atoms with Crippen LogP contribution in [0.1, 0.15) is 0 Å². The molecule has 0 aliphatic carbocycles. The molecule has 4 aromatic rings. The molecule has 0 spiro atoms. The summed E-state index contributed by atoms with van der Waals surface area (Å²) in [6.45, 7) is 2.77. The van der Waals surface area contributed by atoms with Crippen LogP contribution in [0.2, 0.25) is 0 Å². The summed E-state index contributed by atoms with van der Waals surface area (Å²) in [5.74, 6) is 0.894. The van der Waals surface area contributed by atoms with Crippen LogP contribution >= 0.6 is 0 Å². The summed E-state index contributed by atoms with van der Waals surface area (Å²) in [4.78, 5) is 18.7. The predicted molar refractivity (Wildman–Crippen MR) is 110 cm³/mol. The Morgan fingerprint density at radius 2 is 2.00 bits per heavy atom. The SMILES string of the molecule is Fc1cc(-c2cc(N3CCOCC3)nc(Nc3cccnc3)n2)c2cc[nH]c2c1. The number of rotatable bonds is 4. The van der Waals surface area contributed by atoms with E-state index in [4.69, 9.17) is 4.74 Å². The number of aromatic nitrogens is 4. The van der Waals surface area contributed by atoms with Gasteiger partial charge in [0.25, 0.3) is 0 Å². The molecule has 29 heavy (non-hydrogen) atoms. The molecule has 5 rings (SSSR count). The Bertz CT molecular complexity index is 1140. The highest BCUT2D eigenvalue weighted by Gasteiger charge is 2.17. The number of fused-ring (bicyclic) bond motifs is 1. The number of H-pyrrole nitrogens is 1. The second-order valence-electron chi connectivity index (χ2n) is 6.79. The summed E-state index contributed by atoms with van der Waals surface area (Å²) < 4.78 is 19.7. The average molecular weight is 390 g/mol. The average Bonchev–Trinajstić information content (AvgIpc) is 3.22. The molecular weight excluding hydrogens is 371 g/mol. The summed E-state index contributed by atoms with van der Waals surface area (Å²) in [6.07, 6.45) is 5.21. The zero-order valence-corrected chi connectivity index (χ0v) is 15.6. The number of halogens is 1. The van der Waals surface area contributed by atoms with Gasteiger partial charge in [0.15, 0.2) is 0 Å². The minimum atomic E-state index is -0.316. The fourth-order valence-corrected chi connectivity index (χ4v) is 3.49. The predicted octanol–water partition coefficient (Wildman–Crippen LogP) is 3.74. The van der Waals surface area contributed by atoms with Gasteiger partial charge in [-0.3, -0.25) is 4.98 Å². The van der Waals surface area contributed by atoms with Crippen molar-refractivity contribution in [3.8, 4) is 11.3 Å². The number of morpholine rings is 1. The third-order valence-corrected chi connectivity index (χ3v) is 4.87. The van der Waals surface area contributed by atoms with Crippen molar-refractivity contribution < 1.29 is 9.13 Å². The lowest BCUT2D eigenvalue weighted by Gasteiger charge is -2.28. The summed E-state index contributed by atoms with van der Waals surface area (Å²) in [6, 6.07) is 10.6. The Balaban J connectivity index is 1.63. The van der Waals surface area contributed by atoms with Crippen molar-refractivity contribution in [2.45, 2.75) is 0 Å². The molecule has 1 saturated heterocycles. The molecule has 0 amide bonds. The molecule has 0 saturated carbocycles. The first-order valence-electron chi connectivity index (χ1n) is 9.42. The van der Waals surface area contributed by atoms with Crippen molar-refractivity contribution in [3.05, 3.63) is 60.8 Å². The molecule has 0 atom stereocenters. The Kier molecular flexibility index (Phi) is 4.53. The van der Waals surface area contributed by atoms with Gasteiger partial charge in [0.1, 0.15) is 11.6 Å². The number of nitrogens with zero attached hydrogens (tertiary/aromatic N) is 4. The third kappa shape index (κ3) is 3.62. The molecule has 2 N–H and O–H groups in total. The number of aromatic amines is 1. The van der Waals surface area contributed by atoms with Crippen molar-refractivity contribution >= 4 is 28.4 Å². The van der Waals surface area contributed by atoms with Crippen LogP contribution in [-0.2, 0) is 4.74 Å². The van der Waals surface area contributed by atoms with E-state index in [1.807, 2.05) is 24.3 Å². The number of ether oxygens (including phenoxy) is 1. The van der Waals surface area contributed by atoms with Crippen LogP contribution < -0.4 is 10.2 Å². The maximum absolute atomic E-state index is 14.2. The van der Waals surface area contributed by atoms with E-state index in [0.29, 0.717) is 30.4 Å². The maximum atomic E-state index is 14.2. The number of hydrogen-bond donors (Lipinski definition) is 2. The Morgan fingerprint density at radius 3 is 2.83 bits per heavy atom. The lowest BCUT2D eigenvalue weighted by atomic mass is 10.1. The molecule has 7 nitrogen and oxygen atoms in total. The monoisotopic (exact) mass is 390 g/mol. The molecule has 1 aromatic carbocycles. The quantitative estimate of drug-likeness (QED) is 0.553. The minimum Gasteiger partial charge on any atom is -0.378 e. The van der Waals surface area contributed by atoms with E-state index >= 15 is 0 Å².